The van der Waals surface area contributed by atoms with E-state index in [-0.39, 0.29) is 0 Å². The van der Waals surface area contributed by atoms with Gasteiger partial charge in [-0.3, -0.25) is 0 Å². The van der Waals surface area contributed by atoms with Crippen LogP contribution in [0, 0.1) is 6.92 Å². The third-order valence-corrected chi connectivity index (χ3v) is 3.20. The molecule has 2 rings (SSSR count). The lowest BCUT2D eigenvalue weighted by Crippen LogP contribution is -2.28. The average molecular weight is 246 g/mol. The summed E-state index contributed by atoms with van der Waals surface area (Å²) in [5, 5.41) is 3.30. The molecule has 0 aromatic carbocycles. The lowest BCUT2D eigenvalue weighted by Gasteiger charge is -2.21. The minimum absolute atomic E-state index is 0.613. The monoisotopic (exact) mass is 246 g/mol. The molecule has 0 radical (unpaired) electrons. The second-order valence-corrected chi connectivity index (χ2v) is 4.73. The molecule has 4 nitrogen and oxygen atoms in total. The predicted molar refractivity (Wildman–Crippen MR) is 74.7 cm³/mol. The third-order valence-electron chi connectivity index (χ3n) is 3.20. The number of nitrogens with one attached hydrogen (secondary N) is 1. The fourth-order valence-corrected chi connectivity index (χ4v) is 1.97. The molecule has 0 aliphatic heterocycles. The van der Waals surface area contributed by atoms with E-state index in [2.05, 4.69) is 40.6 Å². The van der Waals surface area contributed by atoms with Gasteiger partial charge in [0.15, 0.2) is 0 Å². The van der Waals surface area contributed by atoms with Crippen molar-refractivity contribution in [2.45, 2.75) is 39.3 Å². The summed E-state index contributed by atoms with van der Waals surface area (Å²) in [6.07, 6.45) is 6.35. The molecule has 0 spiro atoms. The molecule has 0 bridgehead atoms. The zero-order valence-corrected chi connectivity index (χ0v) is 11.3. The van der Waals surface area contributed by atoms with Gasteiger partial charge in [0, 0.05) is 36.6 Å². The van der Waals surface area contributed by atoms with Crippen molar-refractivity contribution in [1.82, 2.24) is 15.3 Å². The van der Waals surface area contributed by atoms with E-state index in [1.165, 1.54) is 18.4 Å². The Hall–Kier alpha value is -1.42. The maximum Gasteiger partial charge on any atom is 0.226 e. The Morgan fingerprint density at radius 1 is 1.56 bits per heavy atom. The van der Waals surface area contributed by atoms with E-state index < -0.39 is 0 Å². The molecule has 1 N–H and O–H groups in total. The van der Waals surface area contributed by atoms with Crippen molar-refractivity contribution in [2.75, 3.05) is 18.0 Å². The molecule has 1 aliphatic rings. The molecule has 4 heteroatoms. The predicted octanol–water partition coefficient (Wildman–Crippen LogP) is 2.05. The summed E-state index contributed by atoms with van der Waals surface area (Å²) >= 11 is 0. The number of anilines is 1. The van der Waals surface area contributed by atoms with Crippen LogP contribution < -0.4 is 10.2 Å². The molecular formula is C14H22N4. The second-order valence-electron chi connectivity index (χ2n) is 4.73. The molecule has 1 fully saturated rings. The van der Waals surface area contributed by atoms with E-state index in [9.17, 15) is 0 Å². The SMILES string of the molecule is C=CCN(c1ncc(CNCC)c(C)n1)C1CC1. The summed E-state index contributed by atoms with van der Waals surface area (Å²) in [6, 6.07) is 0.613. The molecule has 0 saturated heterocycles. The number of aromatic nitrogens is 2. The summed E-state index contributed by atoms with van der Waals surface area (Å²) in [5.74, 6) is 0.843. The Morgan fingerprint density at radius 3 is 2.89 bits per heavy atom. The van der Waals surface area contributed by atoms with Gasteiger partial charge >= 0.3 is 0 Å². The van der Waals surface area contributed by atoms with Gasteiger partial charge in [-0.2, -0.15) is 0 Å². The minimum Gasteiger partial charge on any atom is -0.334 e. The molecule has 1 aromatic rings. The summed E-state index contributed by atoms with van der Waals surface area (Å²) in [7, 11) is 0. The lowest BCUT2D eigenvalue weighted by atomic mass is 10.2. The zero-order chi connectivity index (χ0) is 13.0. The van der Waals surface area contributed by atoms with Crippen LogP contribution >= 0.6 is 0 Å². The summed E-state index contributed by atoms with van der Waals surface area (Å²) in [6.45, 7) is 10.6. The van der Waals surface area contributed by atoms with Crippen LogP contribution in [0.25, 0.3) is 0 Å². The second kappa shape index (κ2) is 5.96. The van der Waals surface area contributed by atoms with Crippen LogP contribution in [0.1, 0.15) is 31.0 Å². The normalized spacial score (nSPS) is 14.6. The molecule has 0 amide bonds. The highest BCUT2D eigenvalue weighted by atomic mass is 15.3. The van der Waals surface area contributed by atoms with Crippen LogP contribution in [-0.2, 0) is 6.54 Å². The number of hydrogen-bond acceptors (Lipinski definition) is 4. The largest absolute Gasteiger partial charge is 0.334 e. The van der Waals surface area contributed by atoms with Gasteiger partial charge in [0.1, 0.15) is 0 Å². The Labute approximate surface area is 109 Å². The first kappa shape index (κ1) is 13.0. The van der Waals surface area contributed by atoms with Gasteiger partial charge in [0.2, 0.25) is 5.95 Å². The third kappa shape index (κ3) is 3.07. The van der Waals surface area contributed by atoms with E-state index in [1.807, 2.05) is 12.3 Å². The summed E-state index contributed by atoms with van der Waals surface area (Å²) in [4.78, 5) is 11.4. The van der Waals surface area contributed by atoms with Gasteiger partial charge in [-0.25, -0.2) is 9.97 Å². The van der Waals surface area contributed by atoms with Crippen molar-refractivity contribution >= 4 is 5.95 Å². The van der Waals surface area contributed by atoms with Crippen LogP contribution in [0.15, 0.2) is 18.9 Å². The van der Waals surface area contributed by atoms with E-state index >= 15 is 0 Å². The molecule has 1 aliphatic carbocycles. The molecule has 1 heterocycles. The summed E-state index contributed by atoms with van der Waals surface area (Å²) in [5.41, 5.74) is 2.24. The number of aryl methyl sites for hydroxylation is 1. The molecular weight excluding hydrogens is 224 g/mol. The van der Waals surface area contributed by atoms with Gasteiger partial charge in [-0.15, -0.1) is 6.58 Å². The van der Waals surface area contributed by atoms with Crippen molar-refractivity contribution in [1.29, 1.82) is 0 Å². The Kier molecular flexibility index (Phi) is 4.31. The molecule has 1 saturated carbocycles. The molecule has 98 valence electrons. The fourth-order valence-electron chi connectivity index (χ4n) is 1.97. The lowest BCUT2D eigenvalue weighted by molar-refractivity contribution is 0.712. The zero-order valence-electron chi connectivity index (χ0n) is 11.3. The maximum atomic E-state index is 4.63. The van der Waals surface area contributed by atoms with E-state index in [4.69, 9.17) is 0 Å². The Balaban J connectivity index is 2.13. The first-order valence-electron chi connectivity index (χ1n) is 6.67. The molecule has 0 atom stereocenters. The molecule has 0 unspecified atom stereocenters. The first-order valence-corrected chi connectivity index (χ1v) is 6.67. The van der Waals surface area contributed by atoms with Crippen molar-refractivity contribution < 1.29 is 0 Å². The first-order chi connectivity index (χ1) is 8.76. The maximum absolute atomic E-state index is 4.63. The standard InChI is InChI=1S/C14H22N4/c1-4-8-18(13-6-7-13)14-16-10-12(9-15-5-2)11(3)17-14/h4,10,13,15H,1,5-9H2,2-3H3. The number of hydrogen-bond donors (Lipinski definition) is 1. The van der Waals surface area contributed by atoms with E-state index in [0.717, 1.165) is 31.3 Å². The van der Waals surface area contributed by atoms with Crippen molar-refractivity contribution in [3.63, 3.8) is 0 Å². The summed E-state index contributed by atoms with van der Waals surface area (Å²) < 4.78 is 0. The van der Waals surface area contributed by atoms with Gasteiger partial charge in [0.05, 0.1) is 0 Å². The molecule has 18 heavy (non-hydrogen) atoms. The van der Waals surface area contributed by atoms with E-state index in [1.54, 1.807) is 0 Å². The quantitative estimate of drug-likeness (QED) is 0.748. The highest BCUT2D eigenvalue weighted by molar-refractivity contribution is 5.37. The van der Waals surface area contributed by atoms with Gasteiger partial charge in [0.25, 0.3) is 0 Å². The minimum atomic E-state index is 0.613. The topological polar surface area (TPSA) is 41.1 Å². The van der Waals surface area contributed by atoms with Crippen LogP contribution in [0.4, 0.5) is 5.95 Å². The van der Waals surface area contributed by atoms with Crippen molar-refractivity contribution in [3.8, 4) is 0 Å². The average Bonchev–Trinajstić information content (AvgIpc) is 3.19. The fraction of sp³-hybridized carbons (Fsp3) is 0.571. The van der Waals surface area contributed by atoms with Gasteiger partial charge in [-0.1, -0.05) is 13.0 Å². The van der Waals surface area contributed by atoms with Crippen LogP contribution in [0.2, 0.25) is 0 Å². The van der Waals surface area contributed by atoms with Crippen LogP contribution in [-0.4, -0.2) is 29.1 Å². The van der Waals surface area contributed by atoms with Gasteiger partial charge < -0.3 is 10.2 Å². The highest BCUT2D eigenvalue weighted by Crippen LogP contribution is 2.29. The Bertz CT molecular complexity index is 412. The number of rotatable bonds is 7. The molecule has 1 aromatic heterocycles. The van der Waals surface area contributed by atoms with Crippen LogP contribution in [0.5, 0.6) is 0 Å². The highest BCUT2D eigenvalue weighted by Gasteiger charge is 2.30. The van der Waals surface area contributed by atoms with E-state index in [0.29, 0.717) is 6.04 Å². The Morgan fingerprint density at radius 2 is 2.33 bits per heavy atom. The van der Waals surface area contributed by atoms with Gasteiger partial charge in [-0.05, 0) is 26.3 Å². The van der Waals surface area contributed by atoms with Crippen molar-refractivity contribution in [3.05, 3.63) is 30.1 Å². The van der Waals surface area contributed by atoms with Crippen molar-refractivity contribution in [2.24, 2.45) is 0 Å². The smallest absolute Gasteiger partial charge is 0.226 e. The van der Waals surface area contributed by atoms with Crippen LogP contribution in [0.3, 0.4) is 0 Å². The number of nitrogens with zero attached hydrogens (tertiary/aromatic N) is 3.